The first kappa shape index (κ1) is 16.3. The van der Waals surface area contributed by atoms with E-state index in [1.165, 1.54) is 18.2 Å². The molecule has 0 radical (unpaired) electrons. The molecule has 0 aliphatic heterocycles. The number of amides is 1. The molecule has 1 amide bonds. The van der Waals surface area contributed by atoms with Gasteiger partial charge in [0.25, 0.3) is 5.91 Å². The van der Waals surface area contributed by atoms with E-state index in [0.29, 0.717) is 15.6 Å². The molecule has 1 unspecified atom stereocenters. The van der Waals surface area contributed by atoms with Crippen LogP contribution >= 0.6 is 11.3 Å². The van der Waals surface area contributed by atoms with E-state index in [1.54, 1.807) is 6.92 Å². The van der Waals surface area contributed by atoms with Gasteiger partial charge in [-0.15, -0.1) is 11.3 Å². The van der Waals surface area contributed by atoms with Crippen molar-refractivity contribution in [2.24, 2.45) is 0 Å². The van der Waals surface area contributed by atoms with E-state index in [1.807, 2.05) is 0 Å². The average molecular weight is 331 g/mol. The number of halogens is 3. The Labute approximate surface area is 127 Å². The zero-order valence-electron chi connectivity index (χ0n) is 11.4. The third kappa shape index (κ3) is 3.38. The Balaban J connectivity index is 2.29. The fourth-order valence-corrected chi connectivity index (χ4v) is 3.18. The Morgan fingerprint density at radius 2 is 2.05 bits per heavy atom. The maximum absolute atomic E-state index is 13.2. The predicted molar refractivity (Wildman–Crippen MR) is 76.0 cm³/mol. The van der Waals surface area contributed by atoms with Gasteiger partial charge >= 0.3 is 5.97 Å². The van der Waals surface area contributed by atoms with Crippen molar-refractivity contribution in [2.45, 2.75) is 25.8 Å². The molecule has 1 atom stereocenters. The molecule has 118 valence electrons. The second-order valence-electron chi connectivity index (χ2n) is 4.69. The predicted octanol–water partition coefficient (Wildman–Crippen LogP) is 3.19. The molecule has 0 bridgehead atoms. The molecule has 22 heavy (non-hydrogen) atoms. The van der Waals surface area contributed by atoms with E-state index in [0.717, 1.165) is 11.3 Å². The van der Waals surface area contributed by atoms with Crippen LogP contribution in [-0.4, -0.2) is 29.5 Å². The van der Waals surface area contributed by atoms with Crippen LogP contribution in [0.4, 0.5) is 13.2 Å². The number of carbonyl (C=O) groups is 2. The van der Waals surface area contributed by atoms with Crippen molar-refractivity contribution in [3.8, 4) is 0 Å². The van der Waals surface area contributed by atoms with Crippen molar-refractivity contribution in [1.82, 2.24) is 5.32 Å². The molecule has 0 saturated carbocycles. The van der Waals surface area contributed by atoms with Gasteiger partial charge in [-0.05, 0) is 30.0 Å². The van der Waals surface area contributed by atoms with Gasteiger partial charge in [-0.1, -0.05) is 6.07 Å². The fraction of sp³-hybridized carbons (Fsp3) is 0.286. The largest absolute Gasteiger partial charge is 0.480 e. The molecule has 1 aromatic heterocycles. The molecule has 2 rings (SSSR count). The van der Waals surface area contributed by atoms with E-state index >= 15 is 0 Å². The molecule has 1 aromatic carbocycles. The van der Waals surface area contributed by atoms with Crippen molar-refractivity contribution in [3.63, 3.8) is 0 Å². The third-order valence-electron chi connectivity index (χ3n) is 3.12. The lowest BCUT2D eigenvalue weighted by Gasteiger charge is -2.13. The standard InChI is InChI=1S/C14H12F3NO3S/c1-6-8-3-2-7(15)4-10(8)22-12(6)13(19)18-9(14(20)21)5-11(16)17/h2-4,9,11H,5H2,1H3,(H,18,19)(H,20,21). The Morgan fingerprint density at radius 1 is 1.36 bits per heavy atom. The minimum atomic E-state index is -2.85. The second-order valence-corrected chi connectivity index (χ2v) is 5.74. The zero-order valence-corrected chi connectivity index (χ0v) is 12.2. The van der Waals surface area contributed by atoms with Crippen LogP contribution in [0.25, 0.3) is 10.1 Å². The number of carbonyl (C=O) groups excluding carboxylic acids is 1. The lowest BCUT2D eigenvalue weighted by molar-refractivity contribution is -0.140. The van der Waals surface area contributed by atoms with Gasteiger partial charge in [-0.2, -0.15) is 0 Å². The van der Waals surface area contributed by atoms with Crippen molar-refractivity contribution in [2.75, 3.05) is 0 Å². The Kier molecular flexibility index (Phi) is 4.70. The van der Waals surface area contributed by atoms with Crippen LogP contribution in [0.2, 0.25) is 0 Å². The Hall–Kier alpha value is -2.09. The van der Waals surface area contributed by atoms with Crippen molar-refractivity contribution < 1.29 is 27.9 Å². The van der Waals surface area contributed by atoms with E-state index in [-0.39, 0.29) is 4.88 Å². The van der Waals surface area contributed by atoms with Gasteiger partial charge in [0.2, 0.25) is 6.43 Å². The number of hydrogen-bond donors (Lipinski definition) is 2. The number of nitrogens with one attached hydrogen (secondary N) is 1. The number of rotatable bonds is 5. The van der Waals surface area contributed by atoms with Crippen molar-refractivity contribution in [1.29, 1.82) is 0 Å². The number of alkyl halides is 2. The summed E-state index contributed by atoms with van der Waals surface area (Å²) in [6.45, 7) is 1.63. The number of benzene rings is 1. The van der Waals surface area contributed by atoms with Crippen LogP contribution in [0.1, 0.15) is 21.7 Å². The van der Waals surface area contributed by atoms with E-state index in [4.69, 9.17) is 5.11 Å². The number of aliphatic carboxylic acids is 1. The van der Waals surface area contributed by atoms with Gasteiger partial charge in [-0.3, -0.25) is 4.79 Å². The molecule has 1 heterocycles. The van der Waals surface area contributed by atoms with E-state index in [9.17, 15) is 22.8 Å². The van der Waals surface area contributed by atoms with Crippen LogP contribution in [0.3, 0.4) is 0 Å². The Bertz CT molecular complexity index is 729. The summed E-state index contributed by atoms with van der Waals surface area (Å²) < 4.78 is 38.4. The summed E-state index contributed by atoms with van der Waals surface area (Å²) >= 11 is 0.986. The molecule has 0 saturated heterocycles. The summed E-state index contributed by atoms with van der Waals surface area (Å²) in [4.78, 5) is 23.2. The van der Waals surface area contributed by atoms with Crippen LogP contribution in [0.15, 0.2) is 18.2 Å². The van der Waals surface area contributed by atoms with Crippen molar-refractivity contribution in [3.05, 3.63) is 34.5 Å². The van der Waals surface area contributed by atoms with Crippen LogP contribution in [0, 0.1) is 12.7 Å². The molecule has 2 aromatic rings. The molecule has 8 heteroatoms. The molecular weight excluding hydrogens is 319 g/mol. The first-order valence-electron chi connectivity index (χ1n) is 6.30. The van der Waals surface area contributed by atoms with Gasteiger partial charge < -0.3 is 10.4 Å². The normalized spacial score (nSPS) is 12.6. The highest BCUT2D eigenvalue weighted by molar-refractivity contribution is 7.21. The number of thiophene rings is 1. The molecule has 0 fully saturated rings. The maximum atomic E-state index is 13.2. The van der Waals surface area contributed by atoms with Crippen LogP contribution in [0.5, 0.6) is 0 Å². The monoisotopic (exact) mass is 331 g/mol. The van der Waals surface area contributed by atoms with Gasteiger partial charge in [0, 0.05) is 11.1 Å². The van der Waals surface area contributed by atoms with Gasteiger partial charge in [0.15, 0.2) is 0 Å². The second kappa shape index (κ2) is 6.35. The summed E-state index contributed by atoms with van der Waals surface area (Å²) in [6.07, 6.45) is -3.82. The van der Waals surface area contributed by atoms with Gasteiger partial charge in [0.05, 0.1) is 4.88 Å². The van der Waals surface area contributed by atoms with Crippen molar-refractivity contribution >= 4 is 33.3 Å². The highest BCUT2D eigenvalue weighted by Crippen LogP contribution is 2.31. The highest BCUT2D eigenvalue weighted by atomic mass is 32.1. The van der Waals surface area contributed by atoms with Crippen LogP contribution in [-0.2, 0) is 4.79 Å². The molecular formula is C14H12F3NO3S. The molecule has 0 aliphatic rings. The average Bonchev–Trinajstić information content (AvgIpc) is 2.74. The molecule has 0 aliphatic carbocycles. The third-order valence-corrected chi connectivity index (χ3v) is 4.38. The van der Waals surface area contributed by atoms with Gasteiger partial charge in [-0.25, -0.2) is 18.0 Å². The first-order valence-corrected chi connectivity index (χ1v) is 7.11. The highest BCUT2D eigenvalue weighted by Gasteiger charge is 2.26. The summed E-state index contributed by atoms with van der Waals surface area (Å²) in [7, 11) is 0. The number of hydrogen-bond acceptors (Lipinski definition) is 3. The number of carboxylic acids is 1. The zero-order chi connectivity index (χ0) is 16.4. The van der Waals surface area contributed by atoms with E-state index < -0.39 is 36.6 Å². The SMILES string of the molecule is Cc1c(C(=O)NC(CC(F)F)C(=O)O)sc2cc(F)ccc12. The fourth-order valence-electron chi connectivity index (χ4n) is 2.04. The number of carboxylic acid groups (broad SMARTS) is 1. The first-order chi connectivity index (χ1) is 10.3. The van der Waals surface area contributed by atoms with E-state index in [2.05, 4.69) is 5.32 Å². The Morgan fingerprint density at radius 3 is 2.64 bits per heavy atom. The number of fused-ring (bicyclic) bond motifs is 1. The van der Waals surface area contributed by atoms with Gasteiger partial charge in [0.1, 0.15) is 11.9 Å². The molecule has 0 spiro atoms. The minimum absolute atomic E-state index is 0.182. The smallest absolute Gasteiger partial charge is 0.326 e. The topological polar surface area (TPSA) is 66.4 Å². The number of aryl methyl sites for hydroxylation is 1. The minimum Gasteiger partial charge on any atom is -0.480 e. The summed E-state index contributed by atoms with van der Waals surface area (Å²) in [5.74, 6) is -2.74. The lowest BCUT2D eigenvalue weighted by Crippen LogP contribution is -2.41. The lowest BCUT2D eigenvalue weighted by atomic mass is 10.1. The molecule has 2 N–H and O–H groups in total. The summed E-state index contributed by atoms with van der Waals surface area (Å²) in [6, 6.07) is 2.35. The quantitative estimate of drug-likeness (QED) is 0.884. The van der Waals surface area contributed by atoms with Crippen LogP contribution < -0.4 is 5.32 Å². The summed E-state index contributed by atoms with van der Waals surface area (Å²) in [5, 5.41) is 11.6. The summed E-state index contributed by atoms with van der Waals surface area (Å²) in [5.41, 5.74) is 0.554. The maximum Gasteiger partial charge on any atom is 0.326 e. The molecule has 4 nitrogen and oxygen atoms in total.